The minimum atomic E-state index is -0.601. The van der Waals surface area contributed by atoms with Gasteiger partial charge in [-0.15, -0.1) is 11.3 Å². The first-order valence-corrected chi connectivity index (χ1v) is 12.4. The fraction of sp³-hybridized carbons (Fsp3) is 0.417. The van der Waals surface area contributed by atoms with Gasteiger partial charge in [0, 0.05) is 4.88 Å². The Kier molecular flexibility index (Phi) is 5.78. The number of carbonyl (C=O) groups is 1. The average molecular weight is 511 g/mol. The molecule has 1 N–H and O–H groups in total. The zero-order valence-corrected chi connectivity index (χ0v) is 21.2. The molecule has 36 heavy (non-hydrogen) atoms. The van der Waals surface area contributed by atoms with Crippen molar-refractivity contribution in [2.24, 2.45) is 11.3 Å². The highest BCUT2D eigenvalue weighted by Crippen LogP contribution is 2.42. The maximum absolute atomic E-state index is 13.4. The third-order valence-electron chi connectivity index (χ3n) is 6.72. The Balaban J connectivity index is 1.38. The van der Waals surface area contributed by atoms with Gasteiger partial charge in [0.2, 0.25) is 0 Å². The second-order valence-corrected chi connectivity index (χ2v) is 11.2. The lowest BCUT2D eigenvalue weighted by Gasteiger charge is -2.33. The van der Waals surface area contributed by atoms with Gasteiger partial charge in [0.25, 0.3) is 5.56 Å². The Bertz CT molecular complexity index is 1550. The van der Waals surface area contributed by atoms with Crippen molar-refractivity contribution in [1.82, 2.24) is 19.4 Å². The van der Waals surface area contributed by atoms with Crippen molar-refractivity contribution in [2.45, 2.75) is 53.5 Å². The molecule has 4 aromatic rings. The Labute approximate surface area is 209 Å². The molecule has 0 aromatic carbocycles. The first-order valence-electron chi connectivity index (χ1n) is 11.6. The number of rotatable bonds is 5. The van der Waals surface area contributed by atoms with Crippen LogP contribution in [0.5, 0.6) is 0 Å². The molecule has 4 aromatic heterocycles. The third kappa shape index (κ3) is 4.32. The molecule has 1 atom stereocenters. The summed E-state index contributed by atoms with van der Waals surface area (Å²) in [5.74, 6) is 0.704. The summed E-state index contributed by atoms with van der Waals surface area (Å²) in [6.45, 7) is 8.54. The van der Waals surface area contributed by atoms with Crippen LogP contribution in [0.4, 0.5) is 5.69 Å². The highest BCUT2D eigenvalue weighted by atomic mass is 32.1. The molecule has 0 radical (unpaired) electrons. The monoisotopic (exact) mass is 510 g/mol. The first kappa shape index (κ1) is 23.9. The van der Waals surface area contributed by atoms with Crippen LogP contribution in [-0.2, 0) is 19.4 Å². The molecule has 0 saturated heterocycles. The number of nitro groups is 1. The molecule has 1 aliphatic carbocycles. The maximum atomic E-state index is 13.4. The molecule has 12 heteroatoms. The summed E-state index contributed by atoms with van der Waals surface area (Å²) in [5.41, 5.74) is 3.42. The molecule has 188 valence electrons. The fourth-order valence-electron chi connectivity index (χ4n) is 4.63. The predicted octanol–water partition coefficient (Wildman–Crippen LogP) is 4.05. The van der Waals surface area contributed by atoms with Gasteiger partial charge in [-0.25, -0.2) is 9.66 Å². The lowest BCUT2D eigenvalue weighted by Crippen LogP contribution is -2.35. The van der Waals surface area contributed by atoms with Crippen LogP contribution in [-0.4, -0.2) is 30.3 Å². The van der Waals surface area contributed by atoms with Crippen LogP contribution in [0.25, 0.3) is 10.2 Å². The lowest BCUT2D eigenvalue weighted by atomic mass is 9.72. The highest BCUT2D eigenvalue weighted by Gasteiger charge is 2.32. The maximum Gasteiger partial charge on any atom is 0.307 e. The zero-order valence-electron chi connectivity index (χ0n) is 20.4. The van der Waals surface area contributed by atoms with E-state index in [1.807, 2.05) is 0 Å². The van der Waals surface area contributed by atoms with Crippen LogP contribution in [0.15, 0.2) is 33.7 Å². The van der Waals surface area contributed by atoms with Crippen molar-refractivity contribution in [3.8, 4) is 0 Å². The van der Waals surface area contributed by atoms with E-state index in [-0.39, 0.29) is 29.0 Å². The number of fused-ring (bicyclic) bond motifs is 3. The van der Waals surface area contributed by atoms with Crippen LogP contribution in [0.1, 0.15) is 59.8 Å². The van der Waals surface area contributed by atoms with Gasteiger partial charge >= 0.3 is 11.6 Å². The van der Waals surface area contributed by atoms with E-state index in [0.717, 1.165) is 31.0 Å². The van der Waals surface area contributed by atoms with Crippen molar-refractivity contribution >= 4 is 33.1 Å². The molecule has 0 saturated carbocycles. The number of thiophene rings is 1. The summed E-state index contributed by atoms with van der Waals surface area (Å²) in [4.78, 5) is 43.2. The zero-order chi connectivity index (χ0) is 25.8. The molecule has 1 amide bonds. The predicted molar refractivity (Wildman–Crippen MR) is 134 cm³/mol. The number of aromatic nitrogens is 4. The molecule has 5 rings (SSSR count). The molecule has 4 heterocycles. The fourth-order valence-corrected chi connectivity index (χ4v) is 5.97. The van der Waals surface area contributed by atoms with Gasteiger partial charge in [-0.3, -0.25) is 29.8 Å². The number of amides is 1. The topological polar surface area (TPSA) is 138 Å². The van der Waals surface area contributed by atoms with Crippen molar-refractivity contribution in [3.05, 3.63) is 72.8 Å². The van der Waals surface area contributed by atoms with Gasteiger partial charge in [0.1, 0.15) is 28.8 Å². The van der Waals surface area contributed by atoms with Crippen LogP contribution in [0, 0.1) is 28.4 Å². The Morgan fingerprint density at radius 3 is 2.83 bits per heavy atom. The Morgan fingerprint density at radius 2 is 2.14 bits per heavy atom. The summed E-state index contributed by atoms with van der Waals surface area (Å²) in [6.07, 6.45) is 5.17. The van der Waals surface area contributed by atoms with E-state index in [9.17, 15) is 19.7 Å². The van der Waals surface area contributed by atoms with Crippen molar-refractivity contribution in [3.63, 3.8) is 0 Å². The van der Waals surface area contributed by atoms with E-state index >= 15 is 0 Å². The molecule has 11 nitrogen and oxygen atoms in total. The number of nitrogens with zero attached hydrogens (tertiary/aromatic N) is 5. The first-order chi connectivity index (χ1) is 17.0. The van der Waals surface area contributed by atoms with E-state index in [2.05, 4.69) is 36.3 Å². The summed E-state index contributed by atoms with van der Waals surface area (Å²) >= 11 is 1.57. The van der Waals surface area contributed by atoms with Gasteiger partial charge in [0.15, 0.2) is 5.76 Å². The number of carbonyl (C=O) groups excluding carboxylic acids is 1. The van der Waals surface area contributed by atoms with Crippen molar-refractivity contribution in [1.29, 1.82) is 0 Å². The second kappa shape index (κ2) is 8.70. The third-order valence-corrected chi connectivity index (χ3v) is 7.87. The molecular weight excluding hydrogens is 484 g/mol. The number of nitrogens with one attached hydrogen (secondary N) is 1. The molecule has 0 aliphatic heterocycles. The summed E-state index contributed by atoms with van der Waals surface area (Å²) < 4.78 is 8.12. The van der Waals surface area contributed by atoms with E-state index in [0.29, 0.717) is 27.7 Å². The SMILES string of the molecule is Cc1nc2sc3c(c2c(=O)n1NC(=O)c1ccc(Cn2cc([N+](=O)[O-])cn2)o1)CC[C@H](C(C)(C)C)C3. The molecule has 0 spiro atoms. The van der Waals surface area contributed by atoms with Crippen LogP contribution in [0.3, 0.4) is 0 Å². The number of aryl methyl sites for hydroxylation is 2. The van der Waals surface area contributed by atoms with Crippen LogP contribution >= 0.6 is 11.3 Å². The van der Waals surface area contributed by atoms with Gasteiger partial charge in [-0.2, -0.15) is 5.10 Å². The summed E-state index contributed by atoms with van der Waals surface area (Å²) in [5, 5.41) is 15.3. The summed E-state index contributed by atoms with van der Waals surface area (Å²) in [7, 11) is 0. The number of furan rings is 1. The molecule has 0 fully saturated rings. The average Bonchev–Trinajstić information content (AvgIpc) is 3.54. The quantitative estimate of drug-likeness (QED) is 0.316. The van der Waals surface area contributed by atoms with Crippen LogP contribution < -0.4 is 11.0 Å². The molecular formula is C24H26N6O5S. The van der Waals surface area contributed by atoms with Gasteiger partial charge in [-0.05, 0) is 55.2 Å². The van der Waals surface area contributed by atoms with Crippen molar-refractivity contribution < 1.29 is 14.1 Å². The Hall–Kier alpha value is -3.80. The van der Waals surface area contributed by atoms with Crippen molar-refractivity contribution in [2.75, 3.05) is 5.43 Å². The largest absolute Gasteiger partial charge is 0.454 e. The lowest BCUT2D eigenvalue weighted by molar-refractivity contribution is -0.385. The van der Waals surface area contributed by atoms with Gasteiger partial charge in [-0.1, -0.05) is 20.8 Å². The van der Waals surface area contributed by atoms with E-state index in [1.54, 1.807) is 24.3 Å². The Morgan fingerprint density at radius 1 is 1.36 bits per heavy atom. The minimum Gasteiger partial charge on any atom is -0.454 e. The van der Waals surface area contributed by atoms with E-state index in [1.165, 1.54) is 26.5 Å². The normalized spacial score (nSPS) is 15.7. The standard InChI is InChI=1S/C24H26N6O5S/c1-13-26-22-20(17-7-5-14(24(2,3)4)9-19(17)36-22)23(32)29(13)27-21(31)18-8-6-16(35-18)12-28-11-15(10-25-28)30(33)34/h6,8,10-11,14H,5,7,9,12H2,1-4H3,(H,27,31)/t14-/m0/s1. The second-order valence-electron chi connectivity index (χ2n) is 10.1. The van der Waals surface area contributed by atoms with E-state index < -0.39 is 10.8 Å². The van der Waals surface area contributed by atoms with E-state index in [4.69, 9.17) is 4.42 Å². The molecule has 1 aliphatic rings. The number of hydrogen-bond acceptors (Lipinski definition) is 8. The highest BCUT2D eigenvalue weighted by molar-refractivity contribution is 7.18. The van der Waals surface area contributed by atoms with Gasteiger partial charge in [0.05, 0.1) is 16.9 Å². The smallest absolute Gasteiger partial charge is 0.307 e. The minimum absolute atomic E-state index is 0.00146. The van der Waals surface area contributed by atoms with Gasteiger partial charge < -0.3 is 4.42 Å². The summed E-state index contributed by atoms with van der Waals surface area (Å²) in [6, 6.07) is 3.06. The number of hydrogen-bond donors (Lipinski definition) is 1. The molecule has 0 unspecified atom stereocenters. The van der Waals surface area contributed by atoms with Crippen LogP contribution in [0.2, 0.25) is 0 Å². The molecule has 0 bridgehead atoms.